The van der Waals surface area contributed by atoms with E-state index in [4.69, 9.17) is 0 Å². The molecule has 0 spiro atoms. The molecule has 9 heteroatoms. The van der Waals surface area contributed by atoms with Crippen LogP contribution >= 0.6 is 0 Å². The average molecular weight is 328 g/mol. The predicted molar refractivity (Wildman–Crippen MR) is 66.3 cm³/mol. The molecule has 3 nitrogen and oxygen atoms in total. The molecule has 0 unspecified atom stereocenters. The zero-order valence-electron chi connectivity index (χ0n) is 11.3. The van der Waals surface area contributed by atoms with E-state index in [1.54, 1.807) is 0 Å². The lowest BCUT2D eigenvalue weighted by molar-refractivity contribution is -0.139. The number of phenols is 1. The van der Waals surface area contributed by atoms with Gasteiger partial charge >= 0.3 is 6.18 Å². The molecule has 1 aliphatic heterocycles. The Bertz CT molecular complexity index is 528. The van der Waals surface area contributed by atoms with Crippen LogP contribution in [0.3, 0.4) is 0 Å². The number of alkyl halides is 5. The van der Waals surface area contributed by atoms with Gasteiger partial charge in [-0.3, -0.25) is 4.90 Å². The molecule has 2 rings (SSSR count). The second-order valence-electron chi connectivity index (χ2n) is 4.92. The third-order valence-electron chi connectivity index (χ3n) is 3.55. The summed E-state index contributed by atoms with van der Waals surface area (Å²) in [4.78, 5) is 1.12. The molecule has 1 saturated heterocycles. The van der Waals surface area contributed by atoms with Gasteiger partial charge in [0.2, 0.25) is 0 Å². The number of hydrogen-bond acceptors (Lipinski definition) is 3. The van der Waals surface area contributed by atoms with Crippen LogP contribution in [0.15, 0.2) is 12.1 Å². The molecule has 1 fully saturated rings. The highest BCUT2D eigenvalue weighted by Crippen LogP contribution is 2.43. The number of nitrogens with one attached hydrogen (secondary N) is 1. The van der Waals surface area contributed by atoms with Gasteiger partial charge in [-0.25, -0.2) is 13.2 Å². The Kier molecular flexibility index (Phi) is 4.86. The van der Waals surface area contributed by atoms with Gasteiger partial charge in [0, 0.05) is 31.7 Å². The highest BCUT2D eigenvalue weighted by molar-refractivity contribution is 5.44. The number of halogens is 6. The molecule has 2 N–H and O–H groups in total. The van der Waals surface area contributed by atoms with Crippen molar-refractivity contribution in [2.75, 3.05) is 26.2 Å². The topological polar surface area (TPSA) is 35.5 Å². The van der Waals surface area contributed by atoms with E-state index in [1.807, 2.05) is 0 Å². The molecule has 22 heavy (non-hydrogen) atoms. The Morgan fingerprint density at radius 3 is 2.23 bits per heavy atom. The number of aromatic hydroxyl groups is 1. The number of phenolic OH excluding ortho intramolecular Hbond substituents is 1. The van der Waals surface area contributed by atoms with Crippen molar-refractivity contribution >= 4 is 0 Å². The average Bonchev–Trinajstić information content (AvgIpc) is 2.43. The second kappa shape index (κ2) is 6.33. The van der Waals surface area contributed by atoms with E-state index in [-0.39, 0.29) is 13.1 Å². The molecule has 0 bridgehead atoms. The molecule has 0 radical (unpaired) electrons. The van der Waals surface area contributed by atoms with E-state index in [1.165, 1.54) is 0 Å². The van der Waals surface area contributed by atoms with Gasteiger partial charge in [-0.15, -0.1) is 0 Å². The quantitative estimate of drug-likeness (QED) is 0.838. The molecular formula is C13H14F6N2O. The van der Waals surface area contributed by atoms with Crippen LogP contribution in [0.25, 0.3) is 0 Å². The van der Waals surface area contributed by atoms with Crippen LogP contribution in [-0.2, 0) is 6.18 Å². The van der Waals surface area contributed by atoms with Crippen LogP contribution in [0.4, 0.5) is 26.3 Å². The number of piperazine rings is 1. The van der Waals surface area contributed by atoms with Crippen molar-refractivity contribution in [3.63, 3.8) is 0 Å². The molecule has 1 heterocycles. The number of benzene rings is 1. The Labute approximate surface area is 122 Å². The zero-order valence-corrected chi connectivity index (χ0v) is 11.3. The SMILES string of the molecule is Oc1c(F)ccc(C(F)(F)F)c1[C@H](C(F)F)N1CCNCC1. The summed E-state index contributed by atoms with van der Waals surface area (Å²) in [5.74, 6) is -2.73. The first-order chi connectivity index (χ1) is 10.2. The van der Waals surface area contributed by atoms with Crippen LogP contribution in [0.5, 0.6) is 5.75 Å². The van der Waals surface area contributed by atoms with Crippen molar-refractivity contribution < 1.29 is 31.4 Å². The molecule has 0 saturated carbocycles. The monoisotopic (exact) mass is 328 g/mol. The fourth-order valence-electron chi connectivity index (χ4n) is 2.56. The lowest BCUT2D eigenvalue weighted by atomic mass is 9.96. The van der Waals surface area contributed by atoms with Crippen LogP contribution < -0.4 is 5.32 Å². The van der Waals surface area contributed by atoms with E-state index in [2.05, 4.69) is 5.32 Å². The molecule has 1 aromatic rings. The van der Waals surface area contributed by atoms with Crippen LogP contribution in [0.2, 0.25) is 0 Å². The first-order valence-electron chi connectivity index (χ1n) is 6.55. The van der Waals surface area contributed by atoms with E-state index >= 15 is 0 Å². The summed E-state index contributed by atoms with van der Waals surface area (Å²) in [5, 5.41) is 12.5. The third-order valence-corrected chi connectivity index (χ3v) is 3.55. The van der Waals surface area contributed by atoms with E-state index in [0.29, 0.717) is 25.2 Å². The standard InChI is InChI=1S/C13H14F6N2O/c14-8-2-1-7(13(17,18)19)9(11(8)22)10(12(15)16)21-5-3-20-4-6-21/h1-2,10,12,20,22H,3-6H2/t10-/m1/s1. The summed E-state index contributed by atoms with van der Waals surface area (Å²) in [6.07, 6.45) is -8.17. The van der Waals surface area contributed by atoms with Gasteiger partial charge in [-0.05, 0) is 12.1 Å². The van der Waals surface area contributed by atoms with Crippen LogP contribution in [0.1, 0.15) is 17.2 Å². The number of nitrogens with zero attached hydrogens (tertiary/aromatic N) is 1. The van der Waals surface area contributed by atoms with E-state index in [0.717, 1.165) is 4.90 Å². The van der Waals surface area contributed by atoms with Gasteiger partial charge in [0.1, 0.15) is 6.04 Å². The van der Waals surface area contributed by atoms with Gasteiger partial charge in [-0.1, -0.05) is 0 Å². The summed E-state index contributed by atoms with van der Waals surface area (Å²) in [7, 11) is 0. The molecule has 124 valence electrons. The van der Waals surface area contributed by atoms with Gasteiger partial charge in [-0.2, -0.15) is 13.2 Å². The van der Waals surface area contributed by atoms with Crippen molar-refractivity contribution in [2.45, 2.75) is 18.6 Å². The first kappa shape index (κ1) is 16.9. The van der Waals surface area contributed by atoms with Crippen molar-refractivity contribution in [3.05, 3.63) is 29.1 Å². The van der Waals surface area contributed by atoms with Gasteiger partial charge in [0.15, 0.2) is 11.6 Å². The fourth-order valence-corrected chi connectivity index (χ4v) is 2.56. The lowest BCUT2D eigenvalue weighted by Gasteiger charge is -2.36. The van der Waals surface area contributed by atoms with Crippen molar-refractivity contribution in [1.82, 2.24) is 10.2 Å². The van der Waals surface area contributed by atoms with Crippen molar-refractivity contribution in [2.24, 2.45) is 0 Å². The summed E-state index contributed by atoms with van der Waals surface area (Å²) in [5.41, 5.74) is -2.56. The fraction of sp³-hybridized carbons (Fsp3) is 0.538. The molecule has 0 amide bonds. The van der Waals surface area contributed by atoms with Gasteiger partial charge in [0.05, 0.1) is 5.56 Å². The van der Waals surface area contributed by atoms with Crippen molar-refractivity contribution in [1.29, 1.82) is 0 Å². The molecule has 1 aliphatic rings. The summed E-state index contributed by atoms with van der Waals surface area (Å²) < 4.78 is 79.3. The van der Waals surface area contributed by atoms with Gasteiger partial charge < -0.3 is 10.4 Å². The first-order valence-corrected chi connectivity index (χ1v) is 6.55. The summed E-state index contributed by atoms with van der Waals surface area (Å²) >= 11 is 0. The molecule has 1 aromatic carbocycles. The van der Waals surface area contributed by atoms with Crippen molar-refractivity contribution in [3.8, 4) is 5.75 Å². The smallest absolute Gasteiger partial charge is 0.416 e. The number of rotatable bonds is 3. The Balaban J connectivity index is 2.57. The second-order valence-corrected chi connectivity index (χ2v) is 4.92. The highest BCUT2D eigenvalue weighted by atomic mass is 19.4. The maximum absolute atomic E-state index is 13.4. The Hall–Kier alpha value is -1.48. The Morgan fingerprint density at radius 1 is 1.14 bits per heavy atom. The van der Waals surface area contributed by atoms with E-state index in [9.17, 15) is 31.4 Å². The molecular weight excluding hydrogens is 314 g/mol. The highest BCUT2D eigenvalue weighted by Gasteiger charge is 2.42. The molecule has 0 aliphatic carbocycles. The van der Waals surface area contributed by atoms with Gasteiger partial charge in [0.25, 0.3) is 6.43 Å². The maximum atomic E-state index is 13.4. The Morgan fingerprint density at radius 2 is 1.73 bits per heavy atom. The summed E-state index contributed by atoms with van der Waals surface area (Å²) in [6, 6.07) is -1.22. The minimum atomic E-state index is -4.97. The largest absolute Gasteiger partial charge is 0.505 e. The minimum Gasteiger partial charge on any atom is -0.505 e. The van der Waals surface area contributed by atoms with Crippen LogP contribution in [-0.4, -0.2) is 42.6 Å². The predicted octanol–water partition coefficient (Wildman–Crippen LogP) is 2.76. The third kappa shape index (κ3) is 3.30. The van der Waals surface area contributed by atoms with Crippen LogP contribution in [0, 0.1) is 5.82 Å². The normalized spacial score (nSPS) is 18.7. The van der Waals surface area contributed by atoms with E-state index < -0.39 is 41.3 Å². The lowest BCUT2D eigenvalue weighted by Crippen LogP contribution is -2.47. The molecule has 1 atom stereocenters. The summed E-state index contributed by atoms with van der Waals surface area (Å²) in [6.45, 7) is 0.784. The maximum Gasteiger partial charge on any atom is 0.416 e. The minimum absolute atomic E-state index is 0.0717. The zero-order chi connectivity index (χ0) is 16.5. The number of hydrogen-bond donors (Lipinski definition) is 2. The molecule has 0 aromatic heterocycles.